The van der Waals surface area contributed by atoms with Gasteiger partial charge in [-0.3, -0.25) is 19.3 Å². The van der Waals surface area contributed by atoms with Crippen LogP contribution in [0.15, 0.2) is 54.7 Å². The van der Waals surface area contributed by atoms with E-state index in [1.165, 1.54) is 18.3 Å². The van der Waals surface area contributed by atoms with Gasteiger partial charge in [-0.15, -0.1) is 0 Å². The molecule has 192 valence electrons. The van der Waals surface area contributed by atoms with E-state index < -0.39 is 70.5 Å². The number of hydrogen-bond acceptors (Lipinski definition) is 9. The van der Waals surface area contributed by atoms with Crippen molar-refractivity contribution >= 4 is 29.6 Å². The van der Waals surface area contributed by atoms with Gasteiger partial charge in [-0.05, 0) is 29.7 Å². The molecular formula is C27H26N2O8. The van der Waals surface area contributed by atoms with Crippen molar-refractivity contribution in [1.29, 1.82) is 0 Å². The molecule has 3 aliphatic heterocycles. The Labute approximate surface area is 212 Å². The first-order valence-electron chi connectivity index (χ1n) is 12.1. The van der Waals surface area contributed by atoms with Gasteiger partial charge in [0.15, 0.2) is 12.3 Å². The topological polar surface area (TPSA) is 132 Å². The minimum atomic E-state index is -1.86. The van der Waals surface area contributed by atoms with E-state index in [9.17, 15) is 24.3 Å². The zero-order valence-electron chi connectivity index (χ0n) is 20.5. The van der Waals surface area contributed by atoms with Crippen LogP contribution in [-0.2, 0) is 28.6 Å². The van der Waals surface area contributed by atoms with Crippen LogP contribution in [0.2, 0.25) is 0 Å². The summed E-state index contributed by atoms with van der Waals surface area (Å²) in [5.41, 5.74) is -6.20. The quantitative estimate of drug-likeness (QED) is 0.490. The van der Waals surface area contributed by atoms with Gasteiger partial charge in [0.05, 0.1) is 17.6 Å². The number of pyridine rings is 1. The fourth-order valence-electron chi connectivity index (χ4n) is 7.00. The summed E-state index contributed by atoms with van der Waals surface area (Å²) in [6.45, 7) is 5.30. The molecule has 3 saturated heterocycles. The van der Waals surface area contributed by atoms with Gasteiger partial charge in [0, 0.05) is 12.6 Å². The third-order valence-corrected chi connectivity index (χ3v) is 8.60. The van der Waals surface area contributed by atoms with E-state index in [-0.39, 0.29) is 17.8 Å². The van der Waals surface area contributed by atoms with E-state index in [4.69, 9.17) is 14.2 Å². The summed E-state index contributed by atoms with van der Waals surface area (Å²) in [6.07, 6.45) is -3.18. The summed E-state index contributed by atoms with van der Waals surface area (Å²) in [5.74, 6) is -2.78. The lowest BCUT2D eigenvalue weighted by molar-refractivity contribution is -0.204. The van der Waals surface area contributed by atoms with Crippen molar-refractivity contribution in [2.45, 2.75) is 57.6 Å². The van der Waals surface area contributed by atoms with Gasteiger partial charge in [0.1, 0.15) is 22.8 Å². The second kappa shape index (κ2) is 7.38. The molecule has 1 aliphatic carbocycles. The minimum absolute atomic E-state index is 0.128. The Bertz CT molecular complexity index is 1320. The predicted octanol–water partition coefficient (Wildman–Crippen LogP) is 2.01. The van der Waals surface area contributed by atoms with Crippen molar-refractivity contribution < 1.29 is 38.5 Å². The molecule has 10 nitrogen and oxygen atoms in total. The Morgan fingerprint density at radius 1 is 1.08 bits per heavy atom. The molecule has 2 aromatic rings. The Morgan fingerprint density at radius 2 is 1.78 bits per heavy atom. The molecule has 4 heterocycles. The Morgan fingerprint density at radius 3 is 2.43 bits per heavy atom. The van der Waals surface area contributed by atoms with Crippen molar-refractivity contribution in [3.63, 3.8) is 0 Å². The van der Waals surface area contributed by atoms with E-state index in [0.717, 1.165) is 4.90 Å². The monoisotopic (exact) mass is 506 g/mol. The maximum atomic E-state index is 14.2. The normalized spacial score (nSPS) is 36.1. The Balaban J connectivity index is 1.62. The molecule has 37 heavy (non-hydrogen) atoms. The highest BCUT2D eigenvalue weighted by molar-refractivity contribution is 6.06. The summed E-state index contributed by atoms with van der Waals surface area (Å²) in [6, 6.07) is 13.0. The van der Waals surface area contributed by atoms with Crippen LogP contribution < -0.4 is 4.90 Å². The Hall–Kier alpha value is -3.79. The summed E-state index contributed by atoms with van der Waals surface area (Å²) in [4.78, 5) is 59.4. The first-order valence-corrected chi connectivity index (χ1v) is 12.1. The summed E-state index contributed by atoms with van der Waals surface area (Å²) >= 11 is 0. The van der Waals surface area contributed by atoms with Gasteiger partial charge in [0.25, 0.3) is 5.91 Å². The average molecular weight is 507 g/mol. The second-order valence-electron chi connectivity index (χ2n) is 11.1. The van der Waals surface area contributed by atoms with Crippen LogP contribution in [0, 0.1) is 16.2 Å². The molecule has 0 radical (unpaired) electrons. The number of anilines is 1. The number of nitrogens with zero attached hydrogens (tertiary/aromatic N) is 2. The first-order chi connectivity index (χ1) is 17.5. The molecule has 1 amide bonds. The maximum absolute atomic E-state index is 14.2. The van der Waals surface area contributed by atoms with Gasteiger partial charge in [-0.25, -0.2) is 9.78 Å². The van der Waals surface area contributed by atoms with E-state index >= 15 is 0 Å². The molecule has 4 aliphatic rings. The average Bonchev–Trinajstić information content (AvgIpc) is 3.47. The van der Waals surface area contributed by atoms with Gasteiger partial charge in [0.2, 0.25) is 0 Å². The van der Waals surface area contributed by atoms with Crippen LogP contribution in [0.5, 0.6) is 0 Å². The number of ether oxygens (including phenoxy) is 3. The number of aliphatic hydroxyl groups is 1. The maximum Gasteiger partial charge on any atom is 0.338 e. The van der Waals surface area contributed by atoms with Crippen LogP contribution >= 0.6 is 0 Å². The van der Waals surface area contributed by atoms with Gasteiger partial charge < -0.3 is 19.3 Å². The molecule has 6 rings (SSSR count). The van der Waals surface area contributed by atoms with Gasteiger partial charge in [-0.1, -0.05) is 45.0 Å². The molecule has 6 atom stereocenters. The number of rotatable bonds is 3. The molecule has 1 aromatic heterocycles. The lowest BCUT2D eigenvalue weighted by Crippen LogP contribution is -2.66. The fraction of sp³-hybridized carbons (Fsp3) is 0.444. The van der Waals surface area contributed by atoms with Crippen LogP contribution in [0.25, 0.3) is 0 Å². The number of carbonyl (C=O) groups excluding carboxylic acids is 4. The largest absolute Gasteiger partial charge is 0.461 e. The van der Waals surface area contributed by atoms with Gasteiger partial charge in [-0.2, -0.15) is 0 Å². The molecule has 0 unspecified atom stereocenters. The Kier molecular flexibility index (Phi) is 4.71. The number of benzene rings is 1. The zero-order chi connectivity index (χ0) is 26.4. The second-order valence-corrected chi connectivity index (χ2v) is 11.1. The molecule has 4 fully saturated rings. The fourth-order valence-corrected chi connectivity index (χ4v) is 7.00. The van der Waals surface area contributed by atoms with E-state index in [1.807, 2.05) is 0 Å². The zero-order valence-corrected chi connectivity index (χ0v) is 20.5. The molecule has 1 N–H and O–H groups in total. The van der Waals surface area contributed by atoms with Crippen molar-refractivity contribution in [1.82, 2.24) is 4.98 Å². The van der Waals surface area contributed by atoms with E-state index in [0.29, 0.717) is 0 Å². The van der Waals surface area contributed by atoms with Crippen molar-refractivity contribution in [2.75, 3.05) is 4.90 Å². The molecule has 2 spiro atoms. The van der Waals surface area contributed by atoms with E-state index in [2.05, 4.69) is 4.98 Å². The highest BCUT2D eigenvalue weighted by atomic mass is 16.6. The molecule has 10 heteroatoms. The molecular weight excluding hydrogens is 480 g/mol. The molecule has 1 aromatic carbocycles. The third-order valence-electron chi connectivity index (χ3n) is 8.60. The van der Waals surface area contributed by atoms with Gasteiger partial charge >= 0.3 is 17.9 Å². The highest BCUT2D eigenvalue weighted by Gasteiger charge is 2.94. The van der Waals surface area contributed by atoms with Crippen molar-refractivity contribution in [2.24, 2.45) is 16.2 Å². The lowest BCUT2D eigenvalue weighted by Gasteiger charge is -2.51. The highest BCUT2D eigenvalue weighted by Crippen LogP contribution is 2.76. The number of hydrogen-bond donors (Lipinski definition) is 1. The minimum Gasteiger partial charge on any atom is -0.461 e. The predicted molar refractivity (Wildman–Crippen MR) is 126 cm³/mol. The number of carbonyl (C=O) groups is 4. The van der Waals surface area contributed by atoms with Crippen molar-refractivity contribution in [3.8, 4) is 0 Å². The van der Waals surface area contributed by atoms with E-state index in [1.54, 1.807) is 57.2 Å². The standard InChI is InChI=1S/C27H26N2O8/c1-24(2,3)26(34)13-16-25(14-18(30)35-16)23(33)37-22-27(25,26)19(36-21(32)15-9-5-4-6-10-15)20(31)29(22)17-11-7-8-12-28-17/h4-12,16,19,22,34H,13-14H2,1-3H3/t16-,19-,22-,25-,26+,27+/m0/s1. The SMILES string of the molecule is CC(C)(C)[C@]1(O)C[C@@H]2OC(=O)C[C@@]23C(=O)O[C@@H]2N(c4ccccn4)C(=O)[C@H](OC(=O)c4ccccc4)[C@]213. The number of esters is 3. The summed E-state index contributed by atoms with van der Waals surface area (Å²) < 4.78 is 17.4. The van der Waals surface area contributed by atoms with Crippen LogP contribution in [0.1, 0.15) is 44.0 Å². The van der Waals surface area contributed by atoms with Crippen LogP contribution in [-0.4, -0.2) is 57.9 Å². The number of aromatic nitrogens is 1. The van der Waals surface area contributed by atoms with Crippen LogP contribution in [0.3, 0.4) is 0 Å². The smallest absolute Gasteiger partial charge is 0.338 e. The van der Waals surface area contributed by atoms with Crippen LogP contribution in [0.4, 0.5) is 5.82 Å². The third kappa shape index (κ3) is 2.66. The first kappa shape index (κ1) is 23.6. The lowest BCUT2D eigenvalue weighted by atomic mass is 9.52. The molecule has 0 bridgehead atoms. The summed E-state index contributed by atoms with van der Waals surface area (Å²) in [5, 5.41) is 12.6. The molecule has 1 saturated carbocycles. The number of amides is 1. The summed E-state index contributed by atoms with van der Waals surface area (Å²) in [7, 11) is 0. The van der Waals surface area contributed by atoms with Crippen molar-refractivity contribution in [3.05, 3.63) is 60.3 Å².